The second kappa shape index (κ2) is 23.1. The van der Waals surface area contributed by atoms with Crippen molar-refractivity contribution in [2.24, 2.45) is 20.6 Å². The Labute approximate surface area is 438 Å². The maximum absolute atomic E-state index is 14.7. The highest BCUT2D eigenvalue weighted by atomic mass is 32.2. The molecule has 0 saturated heterocycles. The topological polar surface area (TPSA) is 177 Å². The van der Waals surface area contributed by atoms with E-state index in [0.29, 0.717) is 11.1 Å². The van der Waals surface area contributed by atoms with Crippen LogP contribution in [0, 0.1) is 13.8 Å². The van der Waals surface area contributed by atoms with Gasteiger partial charge >= 0.3 is 44.9 Å². The predicted molar refractivity (Wildman–Crippen MR) is 263 cm³/mol. The van der Waals surface area contributed by atoms with Crippen LogP contribution in [0.2, 0.25) is 0 Å². The van der Waals surface area contributed by atoms with Gasteiger partial charge in [0.05, 0.1) is 11.4 Å². The van der Waals surface area contributed by atoms with Crippen molar-refractivity contribution in [1.29, 1.82) is 0 Å². The lowest BCUT2D eigenvalue weighted by atomic mass is 9.75. The van der Waals surface area contributed by atoms with Crippen molar-refractivity contribution < 1.29 is 88.5 Å². The highest BCUT2D eigenvalue weighted by molar-refractivity contribution is 7.87. The van der Waals surface area contributed by atoms with Crippen LogP contribution in [0.5, 0.6) is 0 Å². The van der Waals surface area contributed by atoms with Crippen LogP contribution in [0.4, 0.5) is 52.7 Å². The van der Waals surface area contributed by atoms with E-state index in [0.717, 1.165) is 92.2 Å². The maximum atomic E-state index is 14.7. The van der Waals surface area contributed by atoms with Crippen molar-refractivity contribution in [3.63, 3.8) is 0 Å². The van der Waals surface area contributed by atoms with E-state index in [1.807, 2.05) is 0 Å². The van der Waals surface area contributed by atoms with Gasteiger partial charge in [0.15, 0.2) is 11.4 Å². The molecule has 12 nitrogen and oxygen atoms in total. The number of benzene rings is 6. The summed E-state index contributed by atoms with van der Waals surface area (Å²) in [5, 5.41) is 29.0. The molecule has 0 spiro atoms. The van der Waals surface area contributed by atoms with Crippen LogP contribution in [0.15, 0.2) is 176 Å². The molecule has 6 aromatic rings. The molecule has 2 N–H and O–H groups in total. The monoisotopic (exact) mass is 1140 g/mol. The molecule has 6 rings (SSSR count). The van der Waals surface area contributed by atoms with E-state index in [-0.39, 0.29) is 38.6 Å². The lowest BCUT2D eigenvalue weighted by Crippen LogP contribution is -2.40. The molecular weight excluding hydrogens is 1100 g/mol. The van der Waals surface area contributed by atoms with E-state index in [1.165, 1.54) is 74.5 Å². The number of rotatable bonds is 14. The first-order chi connectivity index (χ1) is 36.0. The van der Waals surface area contributed by atoms with Gasteiger partial charge in [-0.05, 0) is 99.2 Å². The highest BCUT2D eigenvalue weighted by Gasteiger charge is 2.55. The lowest BCUT2D eigenvalue weighted by Gasteiger charge is -2.33. The summed E-state index contributed by atoms with van der Waals surface area (Å²) in [7, 11) is -9.01. The van der Waals surface area contributed by atoms with Crippen molar-refractivity contribution in [1.82, 2.24) is 0 Å². The Bertz CT molecular complexity index is 3420. The van der Waals surface area contributed by atoms with Crippen molar-refractivity contribution >= 4 is 43.1 Å². The molecule has 0 bridgehead atoms. The quantitative estimate of drug-likeness (QED) is 0.0468. The maximum Gasteiger partial charge on any atom is 0.437 e. The first-order valence-corrected chi connectivity index (χ1v) is 25.1. The van der Waals surface area contributed by atoms with E-state index >= 15 is 0 Å². The summed E-state index contributed by atoms with van der Waals surface area (Å²) in [6.45, 7) is 8.03. The van der Waals surface area contributed by atoms with Gasteiger partial charge in [0.25, 0.3) is 0 Å². The Morgan fingerprint density at radius 3 is 0.962 bits per heavy atom. The van der Waals surface area contributed by atoms with Gasteiger partial charge in [-0.25, -0.2) is 0 Å². The summed E-state index contributed by atoms with van der Waals surface area (Å²) in [5.41, 5.74) is -8.78. The van der Waals surface area contributed by atoms with E-state index in [9.17, 15) is 69.5 Å². The molecule has 0 heterocycles. The molecule has 2 atom stereocenters. The molecule has 0 radical (unpaired) electrons. The standard InChI is InChI=1S/C33H28F6N2O6S2.C19H16F6N2O2/c1-21-5-17-28(18-6-21)48(42,43)46-40-23(3)24-9-13-26(14-10-24)31(4,33(37,38)39)27-15-11-25(12-16-27)30(32(34,35)36)41-47-49(44,45)29-19-7-22(2)8-20-29;1-11(26-28)12-3-7-14(8-4-12)17(2,19(23,24)25)15-9-5-13(6-10-15)16(27-29)18(20,21)22/h5-20H,1-4H3;3-10,28-29H,1-2H3/b40-23-,41-30-;26-11-,27-16-. The van der Waals surface area contributed by atoms with Gasteiger partial charge in [-0.15, -0.1) is 0 Å². The second-order valence-electron chi connectivity index (χ2n) is 17.5. The van der Waals surface area contributed by atoms with Crippen LogP contribution in [-0.4, -0.2) is 74.8 Å². The van der Waals surface area contributed by atoms with Gasteiger partial charge in [-0.1, -0.05) is 153 Å². The minimum absolute atomic E-state index is 0.0332. The lowest BCUT2D eigenvalue weighted by molar-refractivity contribution is -0.173. The third-order valence-corrected chi connectivity index (χ3v) is 14.5. The number of oxime groups is 4. The summed E-state index contributed by atoms with van der Waals surface area (Å²) in [5.74, 6) is 0. The molecule has 0 saturated carbocycles. The van der Waals surface area contributed by atoms with Crippen molar-refractivity contribution in [3.05, 3.63) is 201 Å². The Hall–Kier alpha value is -7.74. The van der Waals surface area contributed by atoms with Crippen LogP contribution >= 0.6 is 0 Å². The first-order valence-electron chi connectivity index (χ1n) is 22.3. The molecule has 6 aromatic carbocycles. The molecule has 0 aliphatic rings. The minimum Gasteiger partial charge on any atom is -0.411 e. The van der Waals surface area contributed by atoms with E-state index in [4.69, 9.17) is 14.7 Å². The summed E-state index contributed by atoms with van der Waals surface area (Å²) in [6.07, 6.45) is -19.9. The van der Waals surface area contributed by atoms with Crippen LogP contribution < -0.4 is 0 Å². The fourth-order valence-electron chi connectivity index (χ4n) is 7.34. The molecule has 78 heavy (non-hydrogen) atoms. The van der Waals surface area contributed by atoms with Gasteiger partial charge in [-0.2, -0.15) is 69.5 Å². The van der Waals surface area contributed by atoms with Crippen molar-refractivity contribution in [2.45, 2.75) is 86.9 Å². The average Bonchev–Trinajstić information content (AvgIpc) is 3.40. The molecule has 26 heteroatoms. The zero-order valence-electron chi connectivity index (χ0n) is 41.3. The second-order valence-corrected chi connectivity index (χ2v) is 20.5. The fraction of sp³-hybridized carbons (Fsp3) is 0.231. The molecule has 0 aliphatic heterocycles. The Morgan fingerprint density at radius 2 is 0.679 bits per heavy atom. The van der Waals surface area contributed by atoms with Crippen LogP contribution in [0.1, 0.15) is 83.3 Å². The minimum atomic E-state index is -5.24. The molecule has 2 unspecified atom stereocenters. The van der Waals surface area contributed by atoms with Gasteiger partial charge in [0, 0.05) is 11.1 Å². The molecule has 0 amide bonds. The third kappa shape index (κ3) is 13.7. The van der Waals surface area contributed by atoms with E-state index < -0.39 is 88.8 Å². The van der Waals surface area contributed by atoms with Gasteiger partial charge < -0.3 is 10.4 Å². The largest absolute Gasteiger partial charge is 0.437 e. The summed E-state index contributed by atoms with van der Waals surface area (Å²) in [4.78, 5) is -0.600. The molecule has 0 aliphatic carbocycles. The smallest absolute Gasteiger partial charge is 0.411 e. The van der Waals surface area contributed by atoms with Crippen LogP contribution in [0.3, 0.4) is 0 Å². The summed E-state index contributed by atoms with van der Waals surface area (Å²) in [6, 6.07) is 27.3. The number of halogens is 12. The molecule has 416 valence electrons. The predicted octanol–water partition coefficient (Wildman–Crippen LogP) is 13.5. The van der Waals surface area contributed by atoms with E-state index in [2.05, 4.69) is 24.9 Å². The first kappa shape index (κ1) is 61.1. The van der Waals surface area contributed by atoms with E-state index in [1.54, 1.807) is 26.0 Å². The summed E-state index contributed by atoms with van der Waals surface area (Å²) >= 11 is 0. The van der Waals surface area contributed by atoms with Gasteiger partial charge in [-0.3, -0.25) is 8.57 Å². The summed E-state index contributed by atoms with van der Waals surface area (Å²) < 4.78 is 225. The number of alkyl halides is 12. The normalized spacial score (nSPS) is 15.1. The van der Waals surface area contributed by atoms with Gasteiger partial charge in [0.1, 0.15) is 20.6 Å². The Kier molecular flexibility index (Phi) is 18.1. The zero-order chi connectivity index (χ0) is 58.5. The SMILES string of the molecule is C/C(=N/O)c1ccc(C(C)(c2ccc(/C(=N/O)C(F)(F)F)cc2)C(F)(F)F)cc1.C/C(=N/OS(=O)(=O)c1ccc(C)cc1)c1ccc(C(C)(c2ccc(/C(=N/OS(=O)(=O)c3ccc(C)cc3)C(F)(F)F)cc2)C(F)(F)F)cc1. The highest BCUT2D eigenvalue weighted by Crippen LogP contribution is 2.48. The molecular formula is C52H44F12N4O8S2. The Balaban J connectivity index is 0.000000329. The zero-order valence-corrected chi connectivity index (χ0v) is 43.0. The average molecular weight is 1150 g/mol. The Morgan fingerprint density at radius 1 is 0.397 bits per heavy atom. The third-order valence-electron chi connectivity index (χ3n) is 12.3. The number of hydrogen-bond acceptors (Lipinski definition) is 12. The number of aryl methyl sites for hydroxylation is 2. The van der Waals surface area contributed by atoms with Gasteiger partial charge in [0.2, 0.25) is 0 Å². The van der Waals surface area contributed by atoms with Crippen LogP contribution in [0.25, 0.3) is 0 Å². The molecule has 0 fully saturated rings. The fourth-order valence-corrected chi connectivity index (χ4v) is 8.84. The van der Waals surface area contributed by atoms with Crippen LogP contribution in [-0.2, 0) is 39.6 Å². The van der Waals surface area contributed by atoms with Crippen molar-refractivity contribution in [2.75, 3.05) is 0 Å². The number of hydrogen-bond donors (Lipinski definition) is 2. The van der Waals surface area contributed by atoms with Crippen molar-refractivity contribution in [3.8, 4) is 0 Å². The molecule has 0 aromatic heterocycles. The number of nitrogens with zero attached hydrogens (tertiary/aromatic N) is 4.